The highest BCUT2D eigenvalue weighted by Gasteiger charge is 2.17. The Kier molecular flexibility index (Phi) is 1.85. The van der Waals surface area contributed by atoms with Crippen LogP contribution in [0, 0.1) is 5.41 Å². The van der Waals surface area contributed by atoms with E-state index in [1.807, 2.05) is 12.3 Å². The van der Waals surface area contributed by atoms with Gasteiger partial charge in [-0.2, -0.15) is 0 Å². The first kappa shape index (κ1) is 8.05. The van der Waals surface area contributed by atoms with Crippen LogP contribution in [0.15, 0.2) is 28.9 Å². The molecule has 0 atom stereocenters. The van der Waals surface area contributed by atoms with Crippen molar-refractivity contribution in [1.82, 2.24) is 0 Å². The van der Waals surface area contributed by atoms with Crippen LogP contribution in [-0.4, -0.2) is 5.84 Å². The van der Waals surface area contributed by atoms with Crippen molar-refractivity contribution in [3.8, 4) is 0 Å². The van der Waals surface area contributed by atoms with Crippen LogP contribution < -0.4 is 5.73 Å². The first-order valence-electron chi connectivity index (χ1n) is 3.72. The molecule has 11 heavy (non-hydrogen) atoms. The molecule has 0 saturated carbocycles. The molecule has 60 valence electrons. The maximum absolute atomic E-state index is 5.54. The van der Waals surface area contributed by atoms with Crippen LogP contribution in [-0.2, 0) is 0 Å². The van der Waals surface area contributed by atoms with E-state index < -0.39 is 0 Å². The lowest BCUT2D eigenvalue weighted by Gasteiger charge is -2.19. The quantitative estimate of drug-likeness (QED) is 0.562. The van der Waals surface area contributed by atoms with Gasteiger partial charge in [0.05, 0.1) is 0 Å². The highest BCUT2D eigenvalue weighted by Crippen LogP contribution is 2.28. The summed E-state index contributed by atoms with van der Waals surface area (Å²) >= 11 is 0. The van der Waals surface area contributed by atoms with Crippen LogP contribution in [0.3, 0.4) is 0 Å². The van der Waals surface area contributed by atoms with Gasteiger partial charge in [-0.25, -0.2) is 4.99 Å². The van der Waals surface area contributed by atoms with Crippen molar-refractivity contribution in [3.63, 3.8) is 0 Å². The summed E-state index contributed by atoms with van der Waals surface area (Å²) in [7, 11) is 0. The SMILES string of the molecule is CC1=CN=C(N)C=CC1(C)C. The zero-order valence-electron chi connectivity index (χ0n) is 7.26. The molecule has 0 spiro atoms. The number of nitrogens with zero attached hydrogens (tertiary/aromatic N) is 1. The fraction of sp³-hybridized carbons (Fsp3) is 0.444. The average Bonchev–Trinajstić information content (AvgIpc) is 2.03. The van der Waals surface area contributed by atoms with Crippen LogP contribution in [0.1, 0.15) is 20.8 Å². The Labute approximate surface area is 67.5 Å². The normalized spacial score (nSPS) is 22.1. The molecule has 0 unspecified atom stereocenters. The summed E-state index contributed by atoms with van der Waals surface area (Å²) < 4.78 is 0. The van der Waals surface area contributed by atoms with Gasteiger partial charge in [-0.05, 0) is 18.6 Å². The number of nitrogens with two attached hydrogens (primary N) is 1. The van der Waals surface area contributed by atoms with Crippen molar-refractivity contribution in [2.24, 2.45) is 16.1 Å². The van der Waals surface area contributed by atoms with Gasteiger partial charge in [-0.1, -0.05) is 19.9 Å². The fourth-order valence-electron chi connectivity index (χ4n) is 0.806. The van der Waals surface area contributed by atoms with Crippen molar-refractivity contribution in [1.29, 1.82) is 0 Å². The van der Waals surface area contributed by atoms with Gasteiger partial charge in [0, 0.05) is 11.6 Å². The molecule has 0 bridgehead atoms. The van der Waals surface area contributed by atoms with Gasteiger partial charge >= 0.3 is 0 Å². The molecular formula is C9H14N2. The highest BCUT2D eigenvalue weighted by atomic mass is 14.8. The van der Waals surface area contributed by atoms with Gasteiger partial charge in [-0.15, -0.1) is 0 Å². The number of hydrogen-bond acceptors (Lipinski definition) is 2. The summed E-state index contributed by atoms with van der Waals surface area (Å²) in [5.74, 6) is 0.579. The number of rotatable bonds is 0. The predicted molar refractivity (Wildman–Crippen MR) is 48.3 cm³/mol. The lowest BCUT2D eigenvalue weighted by molar-refractivity contribution is 0.580. The number of amidine groups is 1. The monoisotopic (exact) mass is 150 g/mol. The van der Waals surface area contributed by atoms with Crippen LogP contribution in [0.4, 0.5) is 0 Å². The molecular weight excluding hydrogens is 136 g/mol. The van der Waals surface area contributed by atoms with Gasteiger partial charge in [0.2, 0.25) is 0 Å². The summed E-state index contributed by atoms with van der Waals surface area (Å²) in [5, 5.41) is 0. The van der Waals surface area contributed by atoms with Crippen molar-refractivity contribution in [2.75, 3.05) is 0 Å². The smallest absolute Gasteiger partial charge is 0.122 e. The van der Waals surface area contributed by atoms with Crippen LogP contribution in [0.2, 0.25) is 0 Å². The molecule has 0 aromatic rings. The molecule has 0 saturated heterocycles. The van der Waals surface area contributed by atoms with Gasteiger partial charge in [-0.3, -0.25) is 0 Å². The standard InChI is InChI=1S/C9H14N2/c1-7-6-11-8(10)4-5-9(7,2)3/h4-6H,1-3H3,(H2,10,11). The Morgan fingerprint density at radius 2 is 2.09 bits per heavy atom. The highest BCUT2D eigenvalue weighted by molar-refractivity contribution is 5.92. The third kappa shape index (κ3) is 1.70. The molecule has 0 aromatic carbocycles. The molecule has 1 heterocycles. The summed E-state index contributed by atoms with van der Waals surface area (Å²) in [5.41, 5.74) is 6.86. The molecule has 0 aromatic heterocycles. The molecule has 1 aliphatic rings. The fourth-order valence-corrected chi connectivity index (χ4v) is 0.806. The molecule has 0 radical (unpaired) electrons. The van der Waals surface area contributed by atoms with Gasteiger partial charge < -0.3 is 5.73 Å². The topological polar surface area (TPSA) is 38.4 Å². The van der Waals surface area contributed by atoms with Crippen LogP contribution >= 0.6 is 0 Å². The van der Waals surface area contributed by atoms with Crippen LogP contribution in [0.25, 0.3) is 0 Å². The summed E-state index contributed by atoms with van der Waals surface area (Å²) in [6.45, 7) is 6.35. The zero-order chi connectivity index (χ0) is 8.48. The summed E-state index contributed by atoms with van der Waals surface area (Å²) in [6, 6.07) is 0. The van der Waals surface area contributed by atoms with E-state index in [2.05, 4.69) is 31.8 Å². The van der Waals surface area contributed by atoms with Gasteiger partial charge in [0.15, 0.2) is 0 Å². The van der Waals surface area contributed by atoms with Crippen LogP contribution in [0.5, 0.6) is 0 Å². The molecule has 1 aliphatic heterocycles. The summed E-state index contributed by atoms with van der Waals surface area (Å²) in [4.78, 5) is 4.05. The van der Waals surface area contributed by atoms with E-state index in [9.17, 15) is 0 Å². The van der Waals surface area contributed by atoms with E-state index in [4.69, 9.17) is 5.73 Å². The van der Waals surface area contributed by atoms with E-state index in [0.29, 0.717) is 5.84 Å². The number of aliphatic imine (C=N–C) groups is 1. The Hall–Kier alpha value is -1.05. The second kappa shape index (κ2) is 2.53. The minimum atomic E-state index is 0.0879. The second-order valence-electron chi connectivity index (χ2n) is 3.42. The Bertz CT molecular complexity index is 244. The second-order valence-corrected chi connectivity index (χ2v) is 3.42. The first-order chi connectivity index (χ1) is 5.02. The van der Waals surface area contributed by atoms with Crippen molar-refractivity contribution in [3.05, 3.63) is 23.9 Å². The molecule has 0 amide bonds. The average molecular weight is 150 g/mol. The minimum Gasteiger partial charge on any atom is -0.384 e. The van der Waals surface area contributed by atoms with E-state index in [1.165, 1.54) is 5.57 Å². The predicted octanol–water partition coefficient (Wildman–Crippen LogP) is 1.84. The van der Waals surface area contributed by atoms with E-state index in [1.54, 1.807) is 0 Å². The van der Waals surface area contributed by atoms with E-state index >= 15 is 0 Å². The van der Waals surface area contributed by atoms with Crippen molar-refractivity contribution in [2.45, 2.75) is 20.8 Å². The summed E-state index contributed by atoms with van der Waals surface area (Å²) in [6.07, 6.45) is 5.76. The molecule has 2 N–H and O–H groups in total. The van der Waals surface area contributed by atoms with Gasteiger partial charge in [0.25, 0.3) is 0 Å². The third-order valence-corrected chi connectivity index (χ3v) is 2.09. The minimum absolute atomic E-state index is 0.0879. The van der Waals surface area contributed by atoms with E-state index in [-0.39, 0.29) is 5.41 Å². The largest absolute Gasteiger partial charge is 0.384 e. The lowest BCUT2D eigenvalue weighted by atomic mass is 9.86. The zero-order valence-corrected chi connectivity index (χ0v) is 7.26. The van der Waals surface area contributed by atoms with Gasteiger partial charge in [0.1, 0.15) is 5.84 Å². The number of hydrogen-bond donors (Lipinski definition) is 1. The van der Waals surface area contributed by atoms with Crippen molar-refractivity contribution < 1.29 is 0 Å². The maximum Gasteiger partial charge on any atom is 0.122 e. The maximum atomic E-state index is 5.54. The van der Waals surface area contributed by atoms with Crippen molar-refractivity contribution >= 4 is 5.84 Å². The molecule has 0 aliphatic carbocycles. The third-order valence-electron chi connectivity index (χ3n) is 2.09. The molecule has 2 nitrogen and oxygen atoms in total. The Morgan fingerprint density at radius 3 is 2.73 bits per heavy atom. The Morgan fingerprint density at radius 1 is 1.45 bits per heavy atom. The number of allylic oxidation sites excluding steroid dienone is 2. The van der Waals surface area contributed by atoms with E-state index in [0.717, 1.165) is 0 Å². The molecule has 2 heteroatoms. The first-order valence-corrected chi connectivity index (χ1v) is 3.72. The lowest BCUT2D eigenvalue weighted by Crippen LogP contribution is -2.09. The molecule has 0 fully saturated rings. The Balaban J connectivity index is 3.03. The molecule has 1 rings (SSSR count).